The first-order chi connectivity index (χ1) is 37.5. The summed E-state index contributed by atoms with van der Waals surface area (Å²) in [7, 11) is -17.4. The number of halogens is 2. The van der Waals surface area contributed by atoms with Crippen LogP contribution in [0.4, 0.5) is 8.78 Å². The van der Waals surface area contributed by atoms with Gasteiger partial charge in [0.05, 0.1) is 32.2 Å². The van der Waals surface area contributed by atoms with E-state index >= 15 is 8.78 Å². The number of aromatic nitrogens is 2. The third kappa shape index (κ3) is 31.3. The molecule has 2 heterocycles. The van der Waals surface area contributed by atoms with Crippen molar-refractivity contribution in [1.82, 2.24) is 9.55 Å². The molecule has 1 aromatic rings. The molecule has 0 amide bonds. The second-order valence-electron chi connectivity index (χ2n) is 20.5. The van der Waals surface area contributed by atoms with Crippen LogP contribution in [-0.4, -0.2) is 101 Å². The minimum absolute atomic E-state index is 0.114. The second-order valence-corrected chi connectivity index (χ2v) is 26.8. The Labute approximate surface area is 466 Å². The van der Waals surface area contributed by atoms with Crippen molar-refractivity contribution in [3.8, 4) is 0 Å². The quantitative estimate of drug-likeness (QED) is 0.0180. The van der Waals surface area contributed by atoms with Gasteiger partial charge in [0.1, 0.15) is 26.0 Å². The van der Waals surface area contributed by atoms with Crippen molar-refractivity contribution in [1.29, 1.82) is 0 Å². The summed E-state index contributed by atoms with van der Waals surface area (Å²) in [5, 5.41) is -5.57. The number of carbonyl (C=O) groups is 4. The van der Waals surface area contributed by atoms with Gasteiger partial charge < -0.3 is 42.5 Å². The molecule has 6 atom stereocenters. The summed E-state index contributed by atoms with van der Waals surface area (Å²) in [6.45, 7) is 2.24. The molecule has 0 radical (unpaired) electrons. The molecule has 27 heteroatoms. The Morgan fingerprint density at radius 3 is 1.56 bits per heavy atom. The zero-order valence-corrected chi connectivity index (χ0v) is 50.0. The summed E-state index contributed by atoms with van der Waals surface area (Å²) in [6, 6.07) is 0. The Balaban J connectivity index is 1.78. The molecule has 0 aromatic carbocycles. The van der Waals surface area contributed by atoms with Crippen molar-refractivity contribution in [2.75, 3.05) is 33.0 Å². The summed E-state index contributed by atoms with van der Waals surface area (Å²) in [6.07, 6.45) is 27.5. The van der Waals surface area contributed by atoms with Crippen LogP contribution in [-0.2, 0) is 69.9 Å². The lowest BCUT2D eigenvalue weighted by Crippen LogP contribution is -2.33. The normalized spacial score (nSPS) is 17.3. The Hall–Kier alpha value is -3.07. The maximum Gasteiger partial charge on any atom is 0.444 e. The number of nitrogens with zero attached hydrogens (tertiary/aromatic N) is 1. The predicted molar refractivity (Wildman–Crippen MR) is 296 cm³/mol. The van der Waals surface area contributed by atoms with Crippen molar-refractivity contribution in [3.63, 3.8) is 0 Å². The summed E-state index contributed by atoms with van der Waals surface area (Å²) in [4.78, 5) is 96.5. The van der Waals surface area contributed by atoms with Crippen molar-refractivity contribution >= 4 is 54.1 Å². The number of aryl methyl sites for hydroxylation is 1. The number of rotatable bonds is 48. The molecule has 6 unspecified atom stereocenters. The molecule has 1 aliphatic heterocycles. The summed E-state index contributed by atoms with van der Waals surface area (Å²) >= 11 is 0. The third-order valence-corrected chi connectivity index (χ3v) is 19.3. The van der Waals surface area contributed by atoms with Gasteiger partial charge in [-0.2, -0.15) is 8.78 Å². The molecule has 1 aliphatic rings. The number of hydrogen-bond donors (Lipinski definition) is 3. The molecule has 79 heavy (non-hydrogen) atoms. The molecule has 1 aromatic heterocycles. The van der Waals surface area contributed by atoms with Gasteiger partial charge in [-0.3, -0.25) is 47.2 Å². The third-order valence-electron chi connectivity index (χ3n) is 13.2. The highest BCUT2D eigenvalue weighted by Crippen LogP contribution is 2.79. The Morgan fingerprint density at radius 1 is 0.646 bits per heavy atom. The molecule has 0 bridgehead atoms. The summed E-state index contributed by atoms with van der Waals surface area (Å²) < 4.78 is 109. The van der Waals surface area contributed by atoms with Crippen LogP contribution in [0.3, 0.4) is 0 Å². The number of nitrogens with one attached hydrogen (secondary N) is 1. The van der Waals surface area contributed by atoms with E-state index in [2.05, 4.69) is 27.7 Å². The van der Waals surface area contributed by atoms with E-state index < -0.39 is 121 Å². The number of carbonyl (C=O) groups excluding carboxylic acids is 4. The van der Waals surface area contributed by atoms with Gasteiger partial charge in [-0.15, -0.1) is 0 Å². The van der Waals surface area contributed by atoms with Gasteiger partial charge in [-0.1, -0.05) is 168 Å². The second kappa shape index (κ2) is 40.2. The standard InChI is InChI=1S/C52H92BF2N2O19P3/c1-4-6-8-10-12-14-16-18-20-22-24-26-28-30-46(58)70-39-44(75-49(61)31-29-27-25-23-21-19-17-15-13-11-9-7-5-2)40-71-48(60)35-34-47(59)69-36-37-72-77(64,65)52(54,55)78(66,67)76-79(53,68)73-41-43-32-33-45(74-43)57-38-42(3)50(62)56-51(57)63/h38,43-45H,4-37,39-41,53H2,1-3H3,(H,64,65)(H,66,67)(H,56,62,63). The molecule has 0 spiro atoms. The zero-order chi connectivity index (χ0) is 58.6. The number of unbranched alkanes of at least 4 members (excludes halogenated alkanes) is 24. The lowest BCUT2D eigenvalue weighted by Gasteiger charge is -2.27. The fraction of sp³-hybridized carbons (Fsp3) is 0.846. The molecule has 0 saturated carbocycles. The fourth-order valence-corrected chi connectivity index (χ4v) is 13.5. The lowest BCUT2D eigenvalue weighted by molar-refractivity contribution is -0.167. The van der Waals surface area contributed by atoms with Gasteiger partial charge in [0.15, 0.2) is 6.10 Å². The van der Waals surface area contributed by atoms with E-state index in [1.807, 2.05) is 0 Å². The number of H-pyrrole nitrogens is 1. The maximum absolute atomic E-state index is 15.0. The van der Waals surface area contributed by atoms with Crippen LogP contribution in [0.15, 0.2) is 15.8 Å². The summed E-state index contributed by atoms with van der Waals surface area (Å²) in [5.74, 6) is -3.07. The van der Waals surface area contributed by atoms with Crippen LogP contribution in [0, 0.1) is 6.92 Å². The largest absolute Gasteiger partial charge is 0.463 e. The minimum Gasteiger partial charge on any atom is -0.463 e. The smallest absolute Gasteiger partial charge is 0.444 e. The highest BCUT2D eigenvalue weighted by atomic mass is 31.3. The van der Waals surface area contributed by atoms with Crippen LogP contribution < -0.4 is 11.2 Å². The molecule has 0 aliphatic carbocycles. The number of aromatic amines is 1. The van der Waals surface area contributed by atoms with Gasteiger partial charge in [0, 0.05) is 24.6 Å². The number of ether oxygens (including phenoxy) is 5. The van der Waals surface area contributed by atoms with E-state index in [0.717, 1.165) is 55.9 Å². The molecule has 1 fully saturated rings. The zero-order valence-electron chi connectivity index (χ0n) is 47.4. The lowest BCUT2D eigenvalue weighted by atomic mass is 10.0. The van der Waals surface area contributed by atoms with Crippen LogP contribution in [0.2, 0.25) is 0 Å². The fourth-order valence-electron chi connectivity index (χ4n) is 8.59. The van der Waals surface area contributed by atoms with Crippen molar-refractivity contribution < 1.29 is 88.5 Å². The highest BCUT2D eigenvalue weighted by Gasteiger charge is 2.67. The van der Waals surface area contributed by atoms with E-state index in [4.69, 9.17) is 28.2 Å². The first kappa shape index (κ1) is 72.0. The number of alkyl halides is 2. The van der Waals surface area contributed by atoms with Gasteiger partial charge in [-0.25, -0.2) is 9.11 Å². The Morgan fingerprint density at radius 2 is 1.08 bits per heavy atom. The number of hydrogen-bond acceptors (Lipinski definition) is 17. The van der Waals surface area contributed by atoms with Gasteiger partial charge >= 0.3 is 50.2 Å². The molecule has 2 rings (SSSR count). The van der Waals surface area contributed by atoms with E-state index in [1.165, 1.54) is 116 Å². The van der Waals surface area contributed by atoms with E-state index in [-0.39, 0.29) is 37.9 Å². The van der Waals surface area contributed by atoms with Crippen molar-refractivity contribution in [2.45, 2.75) is 250 Å². The van der Waals surface area contributed by atoms with E-state index in [0.29, 0.717) is 20.4 Å². The average molecular weight is 1190 g/mol. The van der Waals surface area contributed by atoms with Gasteiger partial charge in [0.25, 0.3) is 20.6 Å². The molecular weight excluding hydrogens is 1100 g/mol. The Bertz CT molecular complexity index is 2200. The SMILES string of the molecule is BP(=O)(OCC1CCC(n2cc(C)c(=O)[nH]c2=O)O1)OP(=O)(O)C(F)(F)P(=O)(O)OCCOC(=O)CCC(=O)OCC(COC(=O)CCCCCCCCCCCCCCC)OC(=O)CCCCCCCCCCCCCCC. The van der Waals surface area contributed by atoms with E-state index in [9.17, 15) is 52.2 Å². The van der Waals surface area contributed by atoms with Crippen molar-refractivity contribution in [2.24, 2.45) is 0 Å². The monoisotopic (exact) mass is 1190 g/mol. The first-order valence-corrected chi connectivity index (χ1v) is 33.9. The summed E-state index contributed by atoms with van der Waals surface area (Å²) in [5.41, 5.74) is -1.17. The van der Waals surface area contributed by atoms with Gasteiger partial charge in [-0.05, 0) is 32.6 Å². The molecule has 21 nitrogen and oxygen atoms in total. The van der Waals surface area contributed by atoms with Crippen LogP contribution in [0.1, 0.15) is 231 Å². The highest BCUT2D eigenvalue weighted by molar-refractivity contribution is 7.86. The van der Waals surface area contributed by atoms with Crippen LogP contribution in [0.25, 0.3) is 0 Å². The predicted octanol–water partition coefficient (Wildman–Crippen LogP) is 11.5. The van der Waals surface area contributed by atoms with Crippen molar-refractivity contribution in [3.05, 3.63) is 32.6 Å². The number of esters is 4. The minimum atomic E-state index is -6.62. The molecule has 3 N–H and O–H groups in total. The van der Waals surface area contributed by atoms with Gasteiger partial charge in [0.2, 0.25) is 0 Å². The topological polar surface area (TPSA) is 289 Å². The van der Waals surface area contributed by atoms with Crippen LogP contribution >= 0.6 is 22.7 Å². The maximum atomic E-state index is 15.0. The first-order valence-electron chi connectivity index (χ1n) is 28.8. The molecular formula is C52H92BF2N2O19P3. The Kier molecular flexibility index (Phi) is 36.7. The molecule has 456 valence electrons. The van der Waals surface area contributed by atoms with Crippen LogP contribution in [0.5, 0.6) is 0 Å². The average Bonchev–Trinajstić information content (AvgIpc) is 3.97. The van der Waals surface area contributed by atoms with E-state index in [1.54, 1.807) is 0 Å². The molecule has 1 saturated heterocycles.